The molecule has 0 radical (unpaired) electrons. The molecule has 0 unspecified atom stereocenters. The molecule has 0 spiro atoms. The number of hydrogen-bond donors (Lipinski definition) is 1. The third-order valence-electron chi connectivity index (χ3n) is 3.73. The van der Waals surface area contributed by atoms with E-state index in [9.17, 15) is 9.59 Å². The van der Waals surface area contributed by atoms with Gasteiger partial charge in [0.15, 0.2) is 5.65 Å². The van der Waals surface area contributed by atoms with Crippen molar-refractivity contribution in [3.63, 3.8) is 0 Å². The fraction of sp³-hybridized carbons (Fsp3) is 0.500. The van der Waals surface area contributed by atoms with E-state index in [4.69, 9.17) is 4.74 Å². The molecule has 24 heavy (non-hydrogen) atoms. The van der Waals surface area contributed by atoms with Crippen LogP contribution in [0.2, 0.25) is 0 Å². The lowest BCUT2D eigenvalue weighted by Gasteiger charge is -2.27. The number of rotatable bonds is 2. The highest BCUT2D eigenvalue weighted by molar-refractivity contribution is 5.95. The van der Waals surface area contributed by atoms with Crippen molar-refractivity contribution in [3.05, 3.63) is 24.4 Å². The minimum atomic E-state index is -0.593. The van der Waals surface area contributed by atoms with Gasteiger partial charge in [0, 0.05) is 12.7 Å². The molecule has 1 fully saturated rings. The Hall–Kier alpha value is -2.64. The first-order chi connectivity index (χ1) is 11.3. The summed E-state index contributed by atoms with van der Waals surface area (Å²) in [5.41, 5.74) is 0.0485. The van der Waals surface area contributed by atoms with Crippen LogP contribution in [0, 0.1) is 0 Å². The molecule has 1 N–H and O–H groups in total. The van der Waals surface area contributed by atoms with Crippen molar-refractivity contribution < 1.29 is 14.3 Å². The molecule has 2 aromatic rings. The van der Waals surface area contributed by atoms with Crippen molar-refractivity contribution >= 4 is 23.6 Å². The van der Waals surface area contributed by atoms with Crippen molar-refractivity contribution in [2.24, 2.45) is 0 Å². The second kappa shape index (κ2) is 6.10. The zero-order chi connectivity index (χ0) is 17.3. The van der Waals surface area contributed by atoms with Gasteiger partial charge in [-0.05, 0) is 45.7 Å². The second-order valence-corrected chi connectivity index (χ2v) is 6.77. The molecule has 0 aromatic carbocycles. The molecule has 1 aliphatic heterocycles. The van der Waals surface area contributed by atoms with E-state index < -0.39 is 17.7 Å². The molecular formula is C16H21N5O3. The van der Waals surface area contributed by atoms with Crippen molar-refractivity contribution in [1.82, 2.24) is 19.5 Å². The highest BCUT2D eigenvalue weighted by Crippen LogP contribution is 2.22. The second-order valence-electron chi connectivity index (χ2n) is 6.77. The Balaban J connectivity index is 1.73. The Morgan fingerprint density at radius 3 is 2.83 bits per heavy atom. The Morgan fingerprint density at radius 1 is 1.29 bits per heavy atom. The third-order valence-corrected chi connectivity index (χ3v) is 3.73. The van der Waals surface area contributed by atoms with Gasteiger partial charge in [-0.15, -0.1) is 10.2 Å². The van der Waals surface area contributed by atoms with Crippen LogP contribution in [0.5, 0.6) is 0 Å². The molecule has 0 bridgehead atoms. The van der Waals surface area contributed by atoms with Crippen molar-refractivity contribution in [2.45, 2.75) is 45.3 Å². The monoisotopic (exact) mass is 331 g/mol. The summed E-state index contributed by atoms with van der Waals surface area (Å²) in [5.74, 6) is 0.0585. The van der Waals surface area contributed by atoms with Gasteiger partial charge in [0.25, 0.3) is 0 Å². The van der Waals surface area contributed by atoms with Crippen LogP contribution in [0.15, 0.2) is 24.4 Å². The molecule has 8 heteroatoms. The third kappa shape index (κ3) is 3.32. The minimum absolute atomic E-state index is 0.281. The number of anilines is 1. The summed E-state index contributed by atoms with van der Waals surface area (Å²) in [6, 6.07) is 4.91. The summed E-state index contributed by atoms with van der Waals surface area (Å²) < 4.78 is 7.07. The normalized spacial score (nSPS) is 18.0. The van der Waals surface area contributed by atoms with Crippen LogP contribution in [0.3, 0.4) is 0 Å². The van der Waals surface area contributed by atoms with Crippen molar-refractivity contribution in [2.75, 3.05) is 11.9 Å². The molecule has 128 valence electrons. The molecule has 0 saturated carbocycles. The van der Waals surface area contributed by atoms with Gasteiger partial charge < -0.3 is 4.74 Å². The smallest absolute Gasteiger partial charge is 0.410 e. The number of fused-ring (bicyclic) bond motifs is 1. The first-order valence-electron chi connectivity index (χ1n) is 7.95. The van der Waals surface area contributed by atoms with Gasteiger partial charge in [-0.1, -0.05) is 6.07 Å². The molecule has 3 rings (SSSR count). The Bertz CT molecular complexity index is 764. The van der Waals surface area contributed by atoms with Crippen LogP contribution in [0.25, 0.3) is 5.65 Å². The topological polar surface area (TPSA) is 88.8 Å². The van der Waals surface area contributed by atoms with Gasteiger partial charge in [0.1, 0.15) is 11.6 Å². The maximum absolute atomic E-state index is 12.6. The Kier molecular flexibility index (Phi) is 4.13. The van der Waals surface area contributed by atoms with Crippen molar-refractivity contribution in [1.29, 1.82) is 0 Å². The van der Waals surface area contributed by atoms with E-state index in [1.165, 1.54) is 4.90 Å². The first kappa shape index (κ1) is 16.2. The van der Waals surface area contributed by atoms with Crippen LogP contribution in [0.4, 0.5) is 10.7 Å². The molecule has 2 aromatic heterocycles. The highest BCUT2D eigenvalue weighted by atomic mass is 16.6. The average molecular weight is 331 g/mol. The van der Waals surface area contributed by atoms with E-state index in [0.29, 0.717) is 24.6 Å². The number of nitrogens with one attached hydrogen (secondary N) is 1. The summed E-state index contributed by atoms with van der Waals surface area (Å²) in [6.07, 6.45) is 2.66. The number of carbonyl (C=O) groups excluding carboxylic acids is 2. The lowest BCUT2D eigenvalue weighted by Crippen LogP contribution is -2.45. The summed E-state index contributed by atoms with van der Waals surface area (Å²) in [5, 5.41) is 10.7. The predicted octanol–water partition coefficient (Wildman–Crippen LogP) is 2.07. The molecule has 8 nitrogen and oxygen atoms in total. The predicted molar refractivity (Wildman–Crippen MR) is 87.6 cm³/mol. The maximum atomic E-state index is 12.6. The summed E-state index contributed by atoms with van der Waals surface area (Å²) in [6.45, 7) is 5.92. The molecule has 3 heterocycles. The summed E-state index contributed by atoms with van der Waals surface area (Å²) >= 11 is 0. The van der Waals surface area contributed by atoms with Crippen LogP contribution >= 0.6 is 0 Å². The molecule has 1 aliphatic rings. The fourth-order valence-corrected chi connectivity index (χ4v) is 2.70. The molecule has 1 saturated heterocycles. The number of pyridine rings is 1. The van der Waals surface area contributed by atoms with E-state index in [2.05, 4.69) is 15.5 Å². The van der Waals surface area contributed by atoms with Crippen LogP contribution < -0.4 is 5.32 Å². The largest absolute Gasteiger partial charge is 0.444 e. The SMILES string of the molecule is CC(C)(C)OC(=O)N1CCC[C@@H]1C(=O)Nc1nnc2ccccn12. The van der Waals surface area contributed by atoms with Gasteiger partial charge in [0.05, 0.1) is 0 Å². The number of aromatic nitrogens is 3. The number of carbonyl (C=O) groups is 2. The number of likely N-dealkylation sites (tertiary alicyclic amines) is 1. The number of hydrogen-bond acceptors (Lipinski definition) is 5. The zero-order valence-electron chi connectivity index (χ0n) is 14.0. The maximum Gasteiger partial charge on any atom is 0.410 e. The van der Waals surface area contributed by atoms with E-state index in [1.54, 1.807) is 37.4 Å². The van der Waals surface area contributed by atoms with E-state index in [-0.39, 0.29) is 5.91 Å². The van der Waals surface area contributed by atoms with Crippen LogP contribution in [-0.4, -0.2) is 49.7 Å². The molecule has 0 aliphatic carbocycles. The molecular weight excluding hydrogens is 310 g/mol. The number of amides is 2. The molecule has 1 atom stereocenters. The minimum Gasteiger partial charge on any atom is -0.444 e. The van der Waals surface area contributed by atoms with Gasteiger partial charge in [-0.25, -0.2) is 4.79 Å². The van der Waals surface area contributed by atoms with Crippen LogP contribution in [0.1, 0.15) is 33.6 Å². The first-order valence-corrected chi connectivity index (χ1v) is 7.95. The van der Waals surface area contributed by atoms with Gasteiger partial charge in [-0.2, -0.15) is 0 Å². The fourth-order valence-electron chi connectivity index (χ4n) is 2.70. The van der Waals surface area contributed by atoms with Crippen molar-refractivity contribution in [3.8, 4) is 0 Å². The lowest BCUT2D eigenvalue weighted by molar-refractivity contribution is -0.120. The van der Waals surface area contributed by atoms with E-state index >= 15 is 0 Å². The zero-order valence-corrected chi connectivity index (χ0v) is 14.0. The standard InChI is InChI=1S/C16H21N5O3/c1-16(2,3)24-15(23)20-10-6-7-11(20)13(22)17-14-19-18-12-8-4-5-9-21(12)14/h4-5,8-9,11H,6-7,10H2,1-3H3,(H,17,19,22)/t11-/m1/s1. The lowest BCUT2D eigenvalue weighted by atomic mass is 10.2. The van der Waals surface area contributed by atoms with Crippen LogP contribution in [-0.2, 0) is 9.53 Å². The van der Waals surface area contributed by atoms with E-state index in [0.717, 1.165) is 6.42 Å². The quantitative estimate of drug-likeness (QED) is 0.910. The van der Waals surface area contributed by atoms with Gasteiger partial charge in [-0.3, -0.25) is 19.4 Å². The van der Waals surface area contributed by atoms with Gasteiger partial charge >= 0.3 is 6.09 Å². The Labute approximate surface area is 139 Å². The van der Waals surface area contributed by atoms with E-state index in [1.807, 2.05) is 12.1 Å². The summed E-state index contributed by atoms with van der Waals surface area (Å²) in [4.78, 5) is 26.4. The Morgan fingerprint density at radius 2 is 2.08 bits per heavy atom. The average Bonchev–Trinajstić information content (AvgIpc) is 3.13. The molecule has 2 amide bonds. The van der Waals surface area contributed by atoms with Gasteiger partial charge in [0.2, 0.25) is 11.9 Å². The number of ether oxygens (including phenoxy) is 1. The highest BCUT2D eigenvalue weighted by Gasteiger charge is 2.37. The summed E-state index contributed by atoms with van der Waals surface area (Å²) in [7, 11) is 0. The number of nitrogens with zero attached hydrogens (tertiary/aromatic N) is 4.